The lowest BCUT2D eigenvalue weighted by molar-refractivity contribution is -0.154. The van der Waals surface area contributed by atoms with Crippen LogP contribution in [0.2, 0.25) is 10.0 Å². The van der Waals surface area contributed by atoms with E-state index in [1.165, 1.54) is 0 Å². The normalized spacial score (nSPS) is 29.2. The first-order chi connectivity index (χ1) is 15.4. The molecular formula is C23H29Cl2N5O2. The fourth-order valence-electron chi connectivity index (χ4n) is 5.59. The monoisotopic (exact) mass is 477 g/mol. The molecule has 1 aromatic rings. The molecule has 9 heteroatoms. The van der Waals surface area contributed by atoms with Crippen molar-refractivity contribution in [1.29, 1.82) is 0 Å². The number of benzene rings is 1. The van der Waals surface area contributed by atoms with Gasteiger partial charge in [-0.1, -0.05) is 23.2 Å². The Hall–Kier alpha value is -1.64. The van der Waals surface area contributed by atoms with E-state index in [4.69, 9.17) is 23.2 Å². The molecule has 3 N–H and O–H groups in total. The molecule has 1 aromatic carbocycles. The lowest BCUT2D eigenvalue weighted by Gasteiger charge is -2.54. The maximum absolute atomic E-state index is 13.0. The van der Waals surface area contributed by atoms with E-state index in [2.05, 4.69) is 16.4 Å². The number of carbonyl (C=O) groups excluding carboxylic acids is 2. The number of hydrogen-bond donors (Lipinski definition) is 3. The minimum atomic E-state index is 0.00578. The van der Waals surface area contributed by atoms with E-state index in [1.807, 2.05) is 9.80 Å². The van der Waals surface area contributed by atoms with Crippen molar-refractivity contribution in [3.05, 3.63) is 39.9 Å². The van der Waals surface area contributed by atoms with Gasteiger partial charge in [0.2, 0.25) is 11.8 Å². The highest BCUT2D eigenvalue weighted by Crippen LogP contribution is 2.42. The lowest BCUT2D eigenvalue weighted by Crippen LogP contribution is -2.63. The number of likely N-dealkylation sites (tertiary alicyclic amines) is 2. The Labute approximate surface area is 198 Å². The second-order valence-corrected chi connectivity index (χ2v) is 10.6. The smallest absolute Gasteiger partial charge is 0.246 e. The number of hydrogen-bond acceptors (Lipinski definition) is 5. The van der Waals surface area contributed by atoms with Crippen LogP contribution in [0.3, 0.4) is 0 Å². The van der Waals surface area contributed by atoms with Gasteiger partial charge in [0.25, 0.3) is 0 Å². The lowest BCUT2D eigenvalue weighted by atomic mass is 9.71. The Morgan fingerprint density at radius 2 is 1.66 bits per heavy atom. The van der Waals surface area contributed by atoms with Gasteiger partial charge in [-0.15, -0.1) is 0 Å². The molecule has 4 aliphatic rings. The van der Waals surface area contributed by atoms with Crippen molar-refractivity contribution in [3.63, 3.8) is 0 Å². The maximum atomic E-state index is 13.0. The van der Waals surface area contributed by atoms with Crippen LogP contribution in [0.15, 0.2) is 24.3 Å². The summed E-state index contributed by atoms with van der Waals surface area (Å²) in [5.74, 6) is 0.435. The summed E-state index contributed by atoms with van der Waals surface area (Å²) in [6.45, 7) is 3.13. The number of rotatable bonds is 3. The number of hydrazine groups is 2. The molecular weight excluding hydrogens is 449 g/mol. The van der Waals surface area contributed by atoms with E-state index in [9.17, 15) is 9.59 Å². The number of nitrogens with zero attached hydrogens (tertiary/aromatic N) is 2. The molecule has 2 amide bonds. The zero-order valence-electron chi connectivity index (χ0n) is 17.9. The molecule has 0 aromatic heterocycles. The minimum absolute atomic E-state index is 0.00578. The molecule has 32 heavy (non-hydrogen) atoms. The van der Waals surface area contributed by atoms with Crippen molar-refractivity contribution < 1.29 is 9.59 Å². The molecule has 1 aliphatic carbocycles. The van der Waals surface area contributed by atoms with E-state index in [0.29, 0.717) is 28.0 Å². The van der Waals surface area contributed by atoms with E-state index < -0.39 is 0 Å². The van der Waals surface area contributed by atoms with E-state index in [-0.39, 0.29) is 17.2 Å². The second-order valence-electron chi connectivity index (χ2n) is 9.69. The van der Waals surface area contributed by atoms with E-state index in [0.717, 1.165) is 63.8 Å². The highest BCUT2D eigenvalue weighted by Gasteiger charge is 2.49. The van der Waals surface area contributed by atoms with Gasteiger partial charge in [-0.05, 0) is 61.9 Å². The number of nitrogens with one attached hydrogen (secondary N) is 3. The SMILES string of the molecule is O=C(/C=C/c1cc(Cl)cc(Cl)c1)N1CCC2(CC1)CN(C(=O)C1CCC3NNNC3C1)C2. The second kappa shape index (κ2) is 8.95. The van der Waals surface area contributed by atoms with Crippen molar-refractivity contribution in [2.24, 2.45) is 11.3 Å². The Balaban J connectivity index is 1.09. The molecule has 1 spiro atoms. The third-order valence-corrected chi connectivity index (χ3v) is 7.95. The summed E-state index contributed by atoms with van der Waals surface area (Å²) < 4.78 is 0. The van der Waals surface area contributed by atoms with Gasteiger partial charge in [-0.25, -0.2) is 10.9 Å². The van der Waals surface area contributed by atoms with Gasteiger partial charge >= 0.3 is 0 Å². The number of amides is 2. The Bertz CT molecular complexity index is 903. The summed E-state index contributed by atoms with van der Waals surface area (Å²) >= 11 is 12.0. The van der Waals surface area contributed by atoms with Gasteiger partial charge in [0, 0.05) is 65.7 Å². The van der Waals surface area contributed by atoms with Crippen molar-refractivity contribution in [2.45, 2.75) is 44.2 Å². The van der Waals surface area contributed by atoms with Crippen LogP contribution in [0.25, 0.3) is 6.08 Å². The Kier molecular flexibility index (Phi) is 6.20. The van der Waals surface area contributed by atoms with Gasteiger partial charge in [0.1, 0.15) is 0 Å². The highest BCUT2D eigenvalue weighted by atomic mass is 35.5. The molecule has 4 fully saturated rings. The standard InChI is InChI=1S/C23H29Cl2N5O2/c24-17-9-15(10-18(25)12-17)1-4-21(31)29-7-5-23(6-8-29)13-30(14-23)22(32)16-2-3-19-20(11-16)27-28-26-19/h1,4,9-10,12,16,19-20,26-28H,2-3,5-8,11,13-14H2/b4-1+. The third-order valence-electron chi connectivity index (χ3n) is 7.52. The summed E-state index contributed by atoms with van der Waals surface area (Å²) in [5, 5.41) is 1.10. The summed E-state index contributed by atoms with van der Waals surface area (Å²) in [4.78, 5) is 29.6. The van der Waals surface area contributed by atoms with Crippen molar-refractivity contribution >= 4 is 41.1 Å². The first-order valence-electron chi connectivity index (χ1n) is 11.4. The van der Waals surface area contributed by atoms with Gasteiger partial charge in [0.05, 0.1) is 0 Å². The number of fused-ring (bicyclic) bond motifs is 1. The van der Waals surface area contributed by atoms with Crippen LogP contribution >= 0.6 is 23.2 Å². The van der Waals surface area contributed by atoms with E-state index >= 15 is 0 Å². The molecule has 7 nitrogen and oxygen atoms in total. The van der Waals surface area contributed by atoms with Crippen molar-refractivity contribution in [2.75, 3.05) is 26.2 Å². The van der Waals surface area contributed by atoms with Gasteiger partial charge in [-0.3, -0.25) is 9.59 Å². The topological polar surface area (TPSA) is 76.7 Å². The number of halogens is 2. The summed E-state index contributed by atoms with van der Waals surface area (Å²) in [6, 6.07) is 5.99. The molecule has 3 saturated heterocycles. The Morgan fingerprint density at radius 3 is 2.38 bits per heavy atom. The van der Waals surface area contributed by atoms with Crippen molar-refractivity contribution in [3.8, 4) is 0 Å². The first kappa shape index (κ1) is 22.2. The molecule has 1 saturated carbocycles. The van der Waals surface area contributed by atoms with Crippen LogP contribution in [0, 0.1) is 11.3 Å². The van der Waals surface area contributed by atoms with Crippen LogP contribution in [0.4, 0.5) is 0 Å². The van der Waals surface area contributed by atoms with Crippen LogP contribution in [-0.4, -0.2) is 59.9 Å². The molecule has 0 bridgehead atoms. The number of carbonyl (C=O) groups is 2. The van der Waals surface area contributed by atoms with Crippen LogP contribution in [-0.2, 0) is 9.59 Å². The highest BCUT2D eigenvalue weighted by molar-refractivity contribution is 6.34. The van der Waals surface area contributed by atoms with Crippen LogP contribution in [0.1, 0.15) is 37.7 Å². The Morgan fingerprint density at radius 1 is 0.969 bits per heavy atom. The summed E-state index contributed by atoms with van der Waals surface area (Å²) in [6.07, 6.45) is 8.10. The molecule has 0 radical (unpaired) electrons. The zero-order valence-corrected chi connectivity index (χ0v) is 19.5. The summed E-state index contributed by atoms with van der Waals surface area (Å²) in [7, 11) is 0. The van der Waals surface area contributed by atoms with Gasteiger partial charge in [-0.2, -0.15) is 5.53 Å². The fourth-order valence-corrected chi connectivity index (χ4v) is 6.14. The average Bonchev–Trinajstić information content (AvgIpc) is 3.23. The molecule has 3 heterocycles. The third kappa shape index (κ3) is 4.54. The predicted molar refractivity (Wildman–Crippen MR) is 125 cm³/mol. The quantitative estimate of drug-likeness (QED) is 0.583. The minimum Gasteiger partial charge on any atom is -0.341 e. The largest absolute Gasteiger partial charge is 0.341 e. The predicted octanol–water partition coefficient (Wildman–Crippen LogP) is 2.61. The fraction of sp³-hybridized carbons (Fsp3) is 0.565. The van der Waals surface area contributed by atoms with Crippen LogP contribution in [0.5, 0.6) is 0 Å². The first-order valence-corrected chi connectivity index (χ1v) is 12.1. The maximum Gasteiger partial charge on any atom is 0.246 e. The average molecular weight is 478 g/mol. The molecule has 5 rings (SSSR count). The van der Waals surface area contributed by atoms with Crippen molar-refractivity contribution in [1.82, 2.24) is 26.2 Å². The molecule has 3 aliphatic heterocycles. The van der Waals surface area contributed by atoms with Gasteiger partial charge in [0.15, 0.2) is 0 Å². The number of piperidine rings is 1. The zero-order chi connectivity index (χ0) is 22.3. The van der Waals surface area contributed by atoms with Crippen LogP contribution < -0.4 is 16.4 Å². The molecule has 172 valence electrons. The summed E-state index contributed by atoms with van der Waals surface area (Å²) in [5.41, 5.74) is 10.4. The molecule has 3 unspecified atom stereocenters. The molecule has 3 atom stereocenters. The van der Waals surface area contributed by atoms with Gasteiger partial charge < -0.3 is 9.80 Å². The van der Waals surface area contributed by atoms with E-state index in [1.54, 1.807) is 30.4 Å².